The predicted octanol–water partition coefficient (Wildman–Crippen LogP) is 2.87. The zero-order chi connectivity index (χ0) is 14.0. The van der Waals surface area contributed by atoms with Gasteiger partial charge in [0.1, 0.15) is 17.5 Å². The number of aliphatic hydroxyl groups excluding tert-OH is 1. The van der Waals surface area contributed by atoms with Gasteiger partial charge >= 0.3 is 0 Å². The number of nitrogens with zero attached hydrogens (tertiary/aromatic N) is 1. The molecule has 100 valence electrons. The zero-order valence-electron chi connectivity index (χ0n) is 9.78. The van der Waals surface area contributed by atoms with Crippen molar-refractivity contribution >= 4 is 17.4 Å². The van der Waals surface area contributed by atoms with Crippen molar-refractivity contribution in [1.82, 2.24) is 4.98 Å². The molecule has 3 nitrogen and oxygen atoms in total. The molecule has 2 aromatic rings. The van der Waals surface area contributed by atoms with Gasteiger partial charge in [-0.25, -0.2) is 13.8 Å². The number of rotatable bonds is 3. The second kappa shape index (κ2) is 5.50. The first-order valence-electron chi connectivity index (χ1n) is 5.49. The lowest BCUT2D eigenvalue weighted by Crippen LogP contribution is -2.07. The minimum absolute atomic E-state index is 0.0148. The van der Waals surface area contributed by atoms with E-state index in [2.05, 4.69) is 4.98 Å². The first-order valence-corrected chi connectivity index (χ1v) is 5.87. The number of hydrogen-bond donors (Lipinski definition) is 2. The monoisotopic (exact) mass is 284 g/mol. The van der Waals surface area contributed by atoms with Crippen LogP contribution < -0.4 is 5.73 Å². The summed E-state index contributed by atoms with van der Waals surface area (Å²) < 4.78 is 26.1. The molecule has 0 aliphatic heterocycles. The summed E-state index contributed by atoms with van der Waals surface area (Å²) >= 11 is 5.77. The summed E-state index contributed by atoms with van der Waals surface area (Å²) in [6.45, 7) is 0. The lowest BCUT2D eigenvalue weighted by Gasteiger charge is -2.13. The van der Waals surface area contributed by atoms with E-state index in [1.807, 2.05) is 0 Å². The number of nitrogen functional groups attached to an aromatic ring is 1. The molecule has 19 heavy (non-hydrogen) atoms. The van der Waals surface area contributed by atoms with Gasteiger partial charge in [-0.1, -0.05) is 11.6 Å². The molecular formula is C13H11ClF2N2O. The summed E-state index contributed by atoms with van der Waals surface area (Å²) in [7, 11) is 0. The molecule has 0 saturated carbocycles. The standard InChI is InChI=1S/C13H11ClF2N2O/c14-8-4-11(13(17)18-6-8)12(19)3-7-1-9(15)5-10(16)2-7/h1-2,4-6,12,19H,3H2,(H2,17,18). The van der Waals surface area contributed by atoms with Crippen LogP contribution in [-0.2, 0) is 6.42 Å². The molecule has 0 aliphatic rings. The molecule has 1 aromatic carbocycles. The van der Waals surface area contributed by atoms with Gasteiger partial charge in [0.2, 0.25) is 0 Å². The van der Waals surface area contributed by atoms with Crippen molar-refractivity contribution in [2.45, 2.75) is 12.5 Å². The van der Waals surface area contributed by atoms with E-state index in [9.17, 15) is 13.9 Å². The lowest BCUT2D eigenvalue weighted by atomic mass is 10.0. The van der Waals surface area contributed by atoms with Gasteiger partial charge in [0.05, 0.1) is 11.1 Å². The Bertz CT molecular complexity index is 587. The van der Waals surface area contributed by atoms with Crippen LogP contribution in [0.4, 0.5) is 14.6 Å². The van der Waals surface area contributed by atoms with Crippen molar-refractivity contribution in [2.75, 3.05) is 5.73 Å². The van der Waals surface area contributed by atoms with Gasteiger partial charge in [-0.3, -0.25) is 0 Å². The highest BCUT2D eigenvalue weighted by molar-refractivity contribution is 6.30. The number of nitrogens with two attached hydrogens (primary N) is 1. The van der Waals surface area contributed by atoms with Gasteiger partial charge in [0.25, 0.3) is 0 Å². The summed E-state index contributed by atoms with van der Waals surface area (Å²) in [5.41, 5.74) is 6.28. The number of hydrogen-bond acceptors (Lipinski definition) is 3. The average Bonchev–Trinajstić information content (AvgIpc) is 2.30. The van der Waals surface area contributed by atoms with E-state index in [1.165, 1.54) is 12.3 Å². The Morgan fingerprint density at radius 2 is 1.84 bits per heavy atom. The maximum absolute atomic E-state index is 13.0. The maximum Gasteiger partial charge on any atom is 0.129 e. The second-order valence-corrected chi connectivity index (χ2v) is 4.56. The van der Waals surface area contributed by atoms with Crippen LogP contribution in [0.1, 0.15) is 17.2 Å². The molecule has 0 saturated heterocycles. The van der Waals surface area contributed by atoms with E-state index >= 15 is 0 Å². The number of benzene rings is 1. The molecule has 0 bridgehead atoms. The van der Waals surface area contributed by atoms with E-state index in [4.69, 9.17) is 17.3 Å². The molecule has 0 amide bonds. The van der Waals surface area contributed by atoms with Crippen LogP contribution in [0.15, 0.2) is 30.5 Å². The third-order valence-electron chi connectivity index (χ3n) is 2.63. The van der Waals surface area contributed by atoms with Gasteiger partial charge in [0, 0.05) is 24.2 Å². The Labute approximate surface area is 113 Å². The SMILES string of the molecule is Nc1ncc(Cl)cc1C(O)Cc1cc(F)cc(F)c1. The Balaban J connectivity index is 2.25. The Morgan fingerprint density at radius 3 is 2.47 bits per heavy atom. The smallest absolute Gasteiger partial charge is 0.129 e. The fourth-order valence-corrected chi connectivity index (χ4v) is 1.96. The third kappa shape index (κ3) is 3.39. The molecule has 0 fully saturated rings. The minimum Gasteiger partial charge on any atom is -0.388 e. The quantitative estimate of drug-likeness (QED) is 0.911. The highest BCUT2D eigenvalue weighted by Crippen LogP contribution is 2.25. The molecule has 1 atom stereocenters. The molecule has 1 heterocycles. The van der Waals surface area contributed by atoms with Crippen LogP contribution in [0.5, 0.6) is 0 Å². The summed E-state index contributed by atoms with van der Waals surface area (Å²) in [4.78, 5) is 3.81. The normalized spacial score (nSPS) is 12.4. The molecular weight excluding hydrogens is 274 g/mol. The van der Waals surface area contributed by atoms with Gasteiger partial charge in [-0.05, 0) is 23.8 Å². The van der Waals surface area contributed by atoms with E-state index in [-0.39, 0.29) is 12.2 Å². The first kappa shape index (κ1) is 13.7. The van der Waals surface area contributed by atoms with Crippen molar-refractivity contribution in [2.24, 2.45) is 0 Å². The minimum atomic E-state index is -1.03. The maximum atomic E-state index is 13.0. The van der Waals surface area contributed by atoms with Gasteiger partial charge in [-0.15, -0.1) is 0 Å². The molecule has 0 spiro atoms. The summed E-state index contributed by atoms with van der Waals surface area (Å²) in [6.07, 6.45) is 0.336. The van der Waals surface area contributed by atoms with Crippen LogP contribution in [-0.4, -0.2) is 10.1 Å². The number of aliphatic hydroxyl groups is 1. The summed E-state index contributed by atoms with van der Waals surface area (Å²) in [5, 5.41) is 10.4. The van der Waals surface area contributed by atoms with Crippen molar-refractivity contribution < 1.29 is 13.9 Å². The van der Waals surface area contributed by atoms with Crippen molar-refractivity contribution in [3.8, 4) is 0 Å². The van der Waals surface area contributed by atoms with Crippen LogP contribution in [0.2, 0.25) is 5.02 Å². The Kier molecular flexibility index (Phi) is 3.97. The first-order chi connectivity index (χ1) is 8.95. The molecule has 1 unspecified atom stereocenters. The molecule has 0 aliphatic carbocycles. The molecule has 0 radical (unpaired) electrons. The Hall–Kier alpha value is -1.72. The number of halogens is 3. The second-order valence-electron chi connectivity index (χ2n) is 4.13. The Morgan fingerprint density at radius 1 is 1.21 bits per heavy atom. The fraction of sp³-hybridized carbons (Fsp3) is 0.154. The average molecular weight is 285 g/mol. The van der Waals surface area contributed by atoms with Crippen LogP contribution in [0.3, 0.4) is 0 Å². The lowest BCUT2D eigenvalue weighted by molar-refractivity contribution is 0.178. The molecule has 1 aromatic heterocycles. The van der Waals surface area contributed by atoms with Gasteiger partial charge in [0.15, 0.2) is 0 Å². The van der Waals surface area contributed by atoms with Crippen molar-refractivity contribution in [3.05, 3.63) is 58.2 Å². The van der Waals surface area contributed by atoms with Gasteiger partial charge < -0.3 is 10.8 Å². The molecule has 2 rings (SSSR count). The number of aromatic nitrogens is 1. The zero-order valence-corrected chi connectivity index (χ0v) is 10.5. The van der Waals surface area contributed by atoms with E-state index in [0.29, 0.717) is 16.1 Å². The number of anilines is 1. The molecule has 6 heteroatoms. The van der Waals surface area contributed by atoms with E-state index in [0.717, 1.165) is 18.2 Å². The van der Waals surface area contributed by atoms with Crippen LogP contribution >= 0.6 is 11.6 Å². The number of pyridine rings is 1. The largest absolute Gasteiger partial charge is 0.388 e. The molecule has 3 N–H and O–H groups in total. The van der Waals surface area contributed by atoms with E-state index < -0.39 is 17.7 Å². The fourth-order valence-electron chi connectivity index (χ4n) is 1.79. The van der Waals surface area contributed by atoms with Crippen LogP contribution in [0, 0.1) is 11.6 Å². The van der Waals surface area contributed by atoms with Crippen molar-refractivity contribution in [3.63, 3.8) is 0 Å². The van der Waals surface area contributed by atoms with Crippen molar-refractivity contribution in [1.29, 1.82) is 0 Å². The highest BCUT2D eigenvalue weighted by Gasteiger charge is 2.14. The topological polar surface area (TPSA) is 59.1 Å². The summed E-state index contributed by atoms with van der Waals surface area (Å²) in [6, 6.07) is 4.55. The predicted molar refractivity (Wildman–Crippen MR) is 68.7 cm³/mol. The van der Waals surface area contributed by atoms with Crippen LogP contribution in [0.25, 0.3) is 0 Å². The van der Waals surface area contributed by atoms with E-state index in [1.54, 1.807) is 0 Å². The highest BCUT2D eigenvalue weighted by atomic mass is 35.5. The summed E-state index contributed by atoms with van der Waals surface area (Å²) in [5.74, 6) is -1.26. The van der Waals surface area contributed by atoms with Gasteiger partial charge in [-0.2, -0.15) is 0 Å². The third-order valence-corrected chi connectivity index (χ3v) is 2.83.